The van der Waals surface area contributed by atoms with Gasteiger partial charge in [-0.1, -0.05) is 126 Å². The summed E-state index contributed by atoms with van der Waals surface area (Å²) in [7, 11) is 0. The lowest BCUT2D eigenvalue weighted by Gasteiger charge is -2.23. The van der Waals surface area contributed by atoms with Crippen LogP contribution in [0, 0.1) is 36.9 Å². The molecule has 0 saturated heterocycles. The van der Waals surface area contributed by atoms with Crippen LogP contribution in [0.3, 0.4) is 0 Å². The van der Waals surface area contributed by atoms with Crippen LogP contribution in [0.4, 0.5) is 22.7 Å². The van der Waals surface area contributed by atoms with Gasteiger partial charge in [0.2, 0.25) is 30.4 Å². The van der Waals surface area contributed by atoms with Gasteiger partial charge in [-0.05, 0) is 127 Å². The molecule has 14 heteroatoms. The van der Waals surface area contributed by atoms with Gasteiger partial charge < -0.3 is 9.47 Å². The third-order valence-corrected chi connectivity index (χ3v) is 11.6. The van der Waals surface area contributed by atoms with Gasteiger partial charge in [-0.25, -0.2) is 24.0 Å². The van der Waals surface area contributed by atoms with E-state index in [0.29, 0.717) is 46.2 Å². The molecule has 0 aromatic heterocycles. The molecule has 4 rings (SSSR count). The van der Waals surface area contributed by atoms with Crippen LogP contribution in [-0.2, 0) is 60.6 Å². The first-order valence-corrected chi connectivity index (χ1v) is 23.6. The van der Waals surface area contributed by atoms with Gasteiger partial charge >= 0.3 is 0 Å². The number of nitriles is 2. The number of isocyanates is 5. The Morgan fingerprint density at radius 1 is 0.535 bits per heavy atom. The van der Waals surface area contributed by atoms with Crippen LogP contribution in [0.5, 0.6) is 11.5 Å². The summed E-state index contributed by atoms with van der Waals surface area (Å²) < 4.78 is 9.92. The molecule has 0 atom stereocenters. The Kier molecular flexibility index (Phi) is 25.4. The van der Waals surface area contributed by atoms with Crippen molar-refractivity contribution in [3.8, 4) is 24.0 Å². The molecule has 0 bridgehead atoms. The van der Waals surface area contributed by atoms with Crippen LogP contribution < -0.4 is 9.47 Å². The molecule has 0 unspecified atom stereocenters. The fraction of sp³-hybridized carbons (Fsp3) is 0.456. The minimum absolute atomic E-state index is 0.0837. The van der Waals surface area contributed by atoms with Crippen molar-refractivity contribution in [3.63, 3.8) is 0 Å². The first-order chi connectivity index (χ1) is 33.5. The van der Waals surface area contributed by atoms with Gasteiger partial charge in [0.1, 0.15) is 0 Å². The number of aryl methyl sites for hydroxylation is 4. The van der Waals surface area contributed by atoms with E-state index in [1.807, 2.05) is 92.6 Å². The van der Waals surface area contributed by atoms with Crippen molar-refractivity contribution in [3.05, 3.63) is 104 Å². The number of rotatable bonds is 15. The highest BCUT2D eigenvalue weighted by Crippen LogP contribution is 2.45. The van der Waals surface area contributed by atoms with Gasteiger partial charge in [-0.15, -0.1) is 10.5 Å². The predicted molar refractivity (Wildman–Crippen MR) is 278 cm³/mol. The Bertz CT molecular complexity index is 2760. The van der Waals surface area contributed by atoms with Gasteiger partial charge in [0.25, 0.3) is 12.5 Å². The molecule has 0 aliphatic heterocycles. The summed E-state index contributed by atoms with van der Waals surface area (Å²) in [6, 6.07) is 14.0. The zero-order valence-electron chi connectivity index (χ0n) is 44.6. The summed E-state index contributed by atoms with van der Waals surface area (Å²) in [6.45, 7) is 34.1. The van der Waals surface area contributed by atoms with E-state index in [4.69, 9.17) is 20.0 Å². The van der Waals surface area contributed by atoms with Crippen LogP contribution in [0.2, 0.25) is 0 Å². The van der Waals surface area contributed by atoms with E-state index in [-0.39, 0.29) is 23.2 Å². The number of aliphatic imine (C=N–C) groups is 5. The van der Waals surface area contributed by atoms with E-state index in [1.165, 1.54) is 5.56 Å². The second-order valence-electron chi connectivity index (χ2n) is 18.8. The maximum atomic E-state index is 10.8. The molecule has 0 fully saturated rings. The topological polar surface area (TPSA) is 213 Å². The molecule has 4 aromatic carbocycles. The van der Waals surface area contributed by atoms with Crippen molar-refractivity contribution in [2.24, 2.45) is 25.0 Å². The molecule has 71 heavy (non-hydrogen) atoms. The minimum Gasteiger partial charge on any atom is -0.387 e. The monoisotopic (exact) mass is 964 g/mol. The van der Waals surface area contributed by atoms with Crippen molar-refractivity contribution >= 4 is 53.1 Å². The molecule has 0 saturated carbocycles. The Balaban J connectivity index is 0.000000476. The molecule has 0 spiro atoms. The van der Waals surface area contributed by atoms with Crippen molar-refractivity contribution in [2.75, 3.05) is 0 Å². The Morgan fingerprint density at radius 2 is 0.986 bits per heavy atom. The molecular weight excluding hydrogens is 895 g/mol. The zero-order valence-corrected chi connectivity index (χ0v) is 44.6. The number of nitrogens with zero attached hydrogens (tertiary/aromatic N) is 7. The molecule has 0 aliphatic rings. The normalized spacial score (nSPS) is 10.3. The van der Waals surface area contributed by atoms with Crippen LogP contribution in [0.25, 0.3) is 0 Å². The summed E-state index contributed by atoms with van der Waals surface area (Å²) >= 11 is 0. The van der Waals surface area contributed by atoms with E-state index in [9.17, 15) is 24.0 Å². The van der Waals surface area contributed by atoms with E-state index < -0.39 is 5.54 Å². The fourth-order valence-corrected chi connectivity index (χ4v) is 7.80. The summed E-state index contributed by atoms with van der Waals surface area (Å²) in [5, 5.41) is 17.3. The largest absolute Gasteiger partial charge is 0.387 e. The average molecular weight is 964 g/mol. The summed E-state index contributed by atoms with van der Waals surface area (Å²) in [5.74, 6) is 1.51. The maximum absolute atomic E-state index is 10.8. The third kappa shape index (κ3) is 16.8. The second-order valence-corrected chi connectivity index (χ2v) is 18.8. The molecule has 0 N–H and O–H groups in total. The van der Waals surface area contributed by atoms with E-state index in [0.717, 1.165) is 69.3 Å². The first-order valence-electron chi connectivity index (χ1n) is 23.6. The number of ether oxygens (including phenoxy) is 2. The van der Waals surface area contributed by atoms with Gasteiger partial charge in [-0.3, -0.25) is 0 Å². The molecule has 14 nitrogen and oxygen atoms in total. The Hall–Kier alpha value is -7.64. The predicted octanol–water partition coefficient (Wildman–Crippen LogP) is 14.4. The van der Waals surface area contributed by atoms with Crippen molar-refractivity contribution in [2.45, 2.75) is 172 Å². The van der Waals surface area contributed by atoms with E-state index >= 15 is 0 Å². The van der Waals surface area contributed by atoms with Crippen molar-refractivity contribution in [1.82, 2.24) is 0 Å². The molecule has 0 heterocycles. The second kappa shape index (κ2) is 29.4. The highest BCUT2D eigenvalue weighted by atomic mass is 16.5. The van der Waals surface area contributed by atoms with Crippen molar-refractivity contribution in [1.29, 1.82) is 10.5 Å². The number of hydrogen-bond donors (Lipinski definition) is 0. The summed E-state index contributed by atoms with van der Waals surface area (Å²) in [5.41, 5.74) is 12.3. The number of hydrogen-bond acceptors (Lipinski definition) is 14. The van der Waals surface area contributed by atoms with E-state index in [2.05, 4.69) is 85.6 Å². The fourth-order valence-electron chi connectivity index (χ4n) is 7.80. The van der Waals surface area contributed by atoms with Crippen LogP contribution in [-0.4, -0.2) is 30.4 Å². The highest BCUT2D eigenvalue weighted by molar-refractivity contribution is 5.74. The highest BCUT2D eigenvalue weighted by Gasteiger charge is 2.24. The first kappa shape index (κ1) is 61.4. The van der Waals surface area contributed by atoms with E-state index in [1.54, 1.807) is 49.8 Å². The molecule has 4 aromatic rings. The smallest absolute Gasteiger partial charge is 0.292 e. The Morgan fingerprint density at radius 3 is 1.39 bits per heavy atom. The summed E-state index contributed by atoms with van der Waals surface area (Å²) in [4.78, 5) is 72.0. The third-order valence-electron chi connectivity index (χ3n) is 11.6. The van der Waals surface area contributed by atoms with Gasteiger partial charge in [0, 0.05) is 16.7 Å². The SMILES string of the molecule is CC(C)(C)c1cccc(C(C)(C)N=C=O)c1.CC(C)c1cc(C(C)C)c(N=C=O)c(C(C)C)c1N=C=O.CCc1cc(C)c(OC#N)c(CC)c1N=C=O.CCc1cc(CC)c(OC#N)c(C)c1N=C=O. The minimum atomic E-state index is -0.497. The van der Waals surface area contributed by atoms with Crippen LogP contribution in [0.1, 0.15) is 183 Å². The van der Waals surface area contributed by atoms with Gasteiger partial charge in [0.15, 0.2) is 11.5 Å². The standard InChI is InChI=1S/C17H22N2O2.C14H19NO.2C13H14N2O2/c1-10(2)13-7-14(11(3)4)17(19-9-21)15(12(5)6)16(13)18-8-20;1-13(2,3)11-7-6-8-12(9-11)14(4,5)15-10-16;1-4-10-6-11(5-2)13(17-7-14)9(3)12(10)15-8-16;1-4-10-6-9(3)13(17-7-14)11(5-2)12(10)15-8-16/h7,10-12H,1-6H3;6-9H,1-5H3;2*6H,4-5H2,1-3H3. The maximum Gasteiger partial charge on any atom is 0.292 e. The zero-order chi connectivity index (χ0) is 54.2. The lowest BCUT2D eigenvalue weighted by Crippen LogP contribution is -2.17. The van der Waals surface area contributed by atoms with Crippen LogP contribution >= 0.6 is 0 Å². The lowest BCUT2D eigenvalue weighted by molar-refractivity contribution is 0.496. The molecule has 0 amide bonds. The quantitative estimate of drug-likeness (QED) is 0.0628. The number of benzene rings is 4. The average Bonchev–Trinajstić information content (AvgIpc) is 3.32. The molecule has 0 aliphatic carbocycles. The van der Waals surface area contributed by atoms with Crippen molar-refractivity contribution < 1.29 is 33.4 Å². The van der Waals surface area contributed by atoms with Gasteiger partial charge in [-0.2, -0.15) is 25.0 Å². The van der Waals surface area contributed by atoms with Crippen LogP contribution in [0.15, 0.2) is 67.4 Å². The Labute approximate surface area is 420 Å². The summed E-state index contributed by atoms with van der Waals surface area (Å²) in [6.07, 6.45) is 14.3. The molecule has 0 radical (unpaired) electrons. The number of carbonyl (C=O) groups excluding carboxylic acids is 5. The molecule has 374 valence electrons. The molecular formula is C57H69N7O7. The lowest BCUT2D eigenvalue weighted by atomic mass is 9.83. The van der Waals surface area contributed by atoms with Gasteiger partial charge in [0.05, 0.1) is 28.3 Å².